The Morgan fingerprint density at radius 1 is 0.977 bits per heavy atom. The highest BCUT2D eigenvalue weighted by molar-refractivity contribution is 8.00. The number of benzene rings is 2. The van der Waals surface area contributed by atoms with E-state index in [1.807, 2.05) is 19.9 Å². The van der Waals surface area contributed by atoms with Crippen molar-refractivity contribution in [3.8, 4) is 22.9 Å². The van der Waals surface area contributed by atoms with E-state index in [4.69, 9.17) is 29.4 Å². The molecular formula is C35H42N6O2S. The lowest BCUT2D eigenvalue weighted by Gasteiger charge is -2.47. The third-order valence-electron chi connectivity index (χ3n) is 8.36. The van der Waals surface area contributed by atoms with E-state index in [1.54, 1.807) is 12.4 Å². The van der Waals surface area contributed by atoms with E-state index in [0.29, 0.717) is 36.0 Å². The minimum Gasteiger partial charge on any atom is -0.488 e. The van der Waals surface area contributed by atoms with E-state index in [0.717, 1.165) is 46.9 Å². The lowest BCUT2D eigenvalue weighted by atomic mass is 9.80. The van der Waals surface area contributed by atoms with Gasteiger partial charge in [0.25, 0.3) is 0 Å². The largest absolute Gasteiger partial charge is 0.488 e. The average Bonchev–Trinajstić information content (AvgIpc) is 2.99. The van der Waals surface area contributed by atoms with Gasteiger partial charge in [-0.1, -0.05) is 38.1 Å². The number of aryl methyl sites for hydroxylation is 2. The molecule has 3 unspecified atom stereocenters. The number of ether oxygens (including phenoxy) is 2. The second-order valence-corrected chi connectivity index (χ2v) is 13.5. The lowest BCUT2D eigenvalue weighted by Crippen LogP contribution is -2.51. The summed E-state index contributed by atoms with van der Waals surface area (Å²) >= 11 is 1.51. The highest BCUT2D eigenvalue weighted by Gasteiger charge is 2.40. The Kier molecular flexibility index (Phi) is 8.93. The molecule has 1 saturated heterocycles. The van der Waals surface area contributed by atoms with Crippen molar-refractivity contribution in [2.45, 2.75) is 83.9 Å². The molecule has 0 amide bonds. The van der Waals surface area contributed by atoms with Gasteiger partial charge in [0.15, 0.2) is 11.6 Å². The molecule has 8 nitrogen and oxygen atoms in total. The highest BCUT2D eigenvalue weighted by atomic mass is 32.2. The number of hydrogen-bond acceptors (Lipinski definition) is 9. The molecule has 2 aromatic carbocycles. The molecule has 0 saturated carbocycles. The van der Waals surface area contributed by atoms with Gasteiger partial charge in [-0.3, -0.25) is 4.72 Å². The number of anilines is 2. The van der Waals surface area contributed by atoms with Crippen molar-refractivity contribution >= 4 is 23.6 Å². The van der Waals surface area contributed by atoms with Gasteiger partial charge in [-0.25, -0.2) is 15.0 Å². The van der Waals surface area contributed by atoms with Crippen molar-refractivity contribution in [1.82, 2.24) is 19.9 Å². The Hall–Kier alpha value is -3.85. The minimum absolute atomic E-state index is 0.00222. The van der Waals surface area contributed by atoms with Crippen LogP contribution in [0.1, 0.15) is 70.0 Å². The number of hydrogen-bond donors (Lipinski definition) is 1. The molecule has 0 spiro atoms. The first-order valence-electron chi connectivity index (χ1n) is 15.6. The molecule has 2 aliphatic heterocycles. The van der Waals surface area contributed by atoms with Crippen LogP contribution in [0.4, 0.5) is 11.6 Å². The molecule has 4 bridgehead atoms. The zero-order chi connectivity index (χ0) is 30.8. The topological polar surface area (TPSA) is 85.3 Å². The molecule has 1 fully saturated rings. The Balaban J connectivity index is 1.42. The first-order chi connectivity index (χ1) is 21.2. The predicted octanol–water partition coefficient (Wildman–Crippen LogP) is 8.22. The van der Waals surface area contributed by atoms with Gasteiger partial charge >= 0.3 is 0 Å². The quantitative estimate of drug-likeness (QED) is 0.217. The summed E-state index contributed by atoms with van der Waals surface area (Å²) in [4.78, 5) is 23.0. The first-order valence-corrected chi connectivity index (χ1v) is 16.4. The molecule has 1 N–H and O–H groups in total. The molecule has 9 heteroatoms. The van der Waals surface area contributed by atoms with Gasteiger partial charge in [0, 0.05) is 22.2 Å². The number of piperidine rings is 1. The van der Waals surface area contributed by atoms with E-state index in [2.05, 4.69) is 79.8 Å². The van der Waals surface area contributed by atoms with Crippen LogP contribution < -0.4 is 19.1 Å². The smallest absolute Gasteiger partial charge is 0.237 e. The van der Waals surface area contributed by atoms with Crippen molar-refractivity contribution in [2.24, 2.45) is 11.8 Å². The molecule has 2 aliphatic rings. The van der Waals surface area contributed by atoms with E-state index in [9.17, 15) is 0 Å². The van der Waals surface area contributed by atoms with Gasteiger partial charge in [-0.2, -0.15) is 4.98 Å². The van der Waals surface area contributed by atoms with Gasteiger partial charge < -0.3 is 14.4 Å². The third kappa shape index (κ3) is 6.62. The zero-order valence-electron chi connectivity index (χ0n) is 26.4. The summed E-state index contributed by atoms with van der Waals surface area (Å²) in [6.07, 6.45) is 6.81. The van der Waals surface area contributed by atoms with Crippen molar-refractivity contribution in [3.63, 3.8) is 0 Å². The van der Waals surface area contributed by atoms with Crippen molar-refractivity contribution in [3.05, 3.63) is 77.9 Å². The summed E-state index contributed by atoms with van der Waals surface area (Å²) in [5.41, 5.74) is 5.45. The molecule has 230 valence electrons. The summed E-state index contributed by atoms with van der Waals surface area (Å²) < 4.78 is 15.9. The first kappa shape index (κ1) is 30.2. The molecule has 3 atom stereocenters. The van der Waals surface area contributed by atoms with Gasteiger partial charge in [-0.15, -0.1) is 0 Å². The van der Waals surface area contributed by atoms with Crippen LogP contribution >= 0.6 is 11.9 Å². The van der Waals surface area contributed by atoms with Crippen LogP contribution in [0.25, 0.3) is 11.3 Å². The predicted molar refractivity (Wildman–Crippen MR) is 177 cm³/mol. The standard InChI is InChI=1S/C35H42N6O2S/c1-21(2)15-25-13-14-30(34-36-18-27(19-37-34)43-22(3)4)41-26-11-8-12-28(16-26)44-40-35-38-29(17-32(39-35)42-20-31(25)41)33-23(5)9-7-10-24(33)6/h7-12,16-19,21-22,25,30-31H,13-15,20H2,1-6H3,(H,38,39,40). The van der Waals surface area contributed by atoms with E-state index >= 15 is 0 Å². The maximum atomic E-state index is 6.66. The maximum absolute atomic E-state index is 6.66. The Morgan fingerprint density at radius 3 is 2.45 bits per heavy atom. The summed E-state index contributed by atoms with van der Waals surface area (Å²) in [6.45, 7) is 13.4. The second kappa shape index (κ2) is 13.0. The summed E-state index contributed by atoms with van der Waals surface area (Å²) in [5, 5.41) is 0. The fourth-order valence-electron chi connectivity index (χ4n) is 6.59. The molecule has 0 radical (unpaired) electrons. The van der Waals surface area contributed by atoms with Gasteiger partial charge in [-0.05, 0) is 100 Å². The number of aromatic nitrogens is 4. The van der Waals surface area contributed by atoms with Gasteiger partial charge in [0.05, 0.1) is 36.3 Å². The monoisotopic (exact) mass is 610 g/mol. The van der Waals surface area contributed by atoms with Crippen molar-refractivity contribution in [2.75, 3.05) is 16.2 Å². The Labute approximate surface area is 265 Å². The second-order valence-electron chi connectivity index (χ2n) is 12.6. The molecule has 0 aliphatic carbocycles. The summed E-state index contributed by atoms with van der Waals surface area (Å²) in [7, 11) is 0. The van der Waals surface area contributed by atoms with E-state index < -0.39 is 0 Å². The van der Waals surface area contributed by atoms with Crippen molar-refractivity contribution < 1.29 is 9.47 Å². The van der Waals surface area contributed by atoms with Crippen LogP contribution in [0, 0.1) is 25.7 Å². The molecular weight excluding hydrogens is 568 g/mol. The molecule has 6 rings (SSSR count). The normalized spacial score (nSPS) is 19.8. The summed E-state index contributed by atoms with van der Waals surface area (Å²) in [5.74, 6) is 3.60. The number of rotatable bonds is 6. The van der Waals surface area contributed by atoms with Crippen LogP contribution in [0.15, 0.2) is 65.8 Å². The molecule has 2 aromatic heterocycles. The van der Waals surface area contributed by atoms with Gasteiger partial charge in [0.2, 0.25) is 11.8 Å². The fourth-order valence-corrected chi connectivity index (χ4v) is 7.22. The van der Waals surface area contributed by atoms with Crippen LogP contribution in [0.5, 0.6) is 11.6 Å². The van der Waals surface area contributed by atoms with Gasteiger partial charge in [0.1, 0.15) is 6.61 Å². The van der Waals surface area contributed by atoms with Crippen LogP contribution in [0.2, 0.25) is 0 Å². The van der Waals surface area contributed by atoms with Crippen LogP contribution in [0.3, 0.4) is 0 Å². The maximum Gasteiger partial charge on any atom is 0.237 e. The van der Waals surface area contributed by atoms with E-state index in [-0.39, 0.29) is 18.2 Å². The van der Waals surface area contributed by atoms with Crippen molar-refractivity contribution in [1.29, 1.82) is 0 Å². The number of fused-ring (bicyclic) bond motifs is 6. The Morgan fingerprint density at radius 2 is 1.73 bits per heavy atom. The SMILES string of the molecule is Cc1cccc(C)c1-c1cc2nc(n1)NSc1cccc(c1)N1C(c3ncc(OC(C)C)cn3)CCC(CC(C)C)C1CO2. The van der Waals surface area contributed by atoms with Crippen LogP contribution in [-0.4, -0.2) is 38.7 Å². The fraction of sp³-hybridized carbons (Fsp3) is 0.429. The number of nitrogens with zero attached hydrogens (tertiary/aromatic N) is 5. The molecule has 4 aromatic rings. The third-order valence-corrected chi connectivity index (χ3v) is 9.13. The van der Waals surface area contributed by atoms with E-state index in [1.165, 1.54) is 23.1 Å². The molecule has 44 heavy (non-hydrogen) atoms. The molecule has 4 heterocycles. The average molecular weight is 611 g/mol. The highest BCUT2D eigenvalue weighted by Crippen LogP contribution is 2.43. The Bertz CT molecular complexity index is 1570. The summed E-state index contributed by atoms with van der Waals surface area (Å²) in [6, 6.07) is 17.1. The lowest BCUT2D eigenvalue weighted by molar-refractivity contribution is 0.168. The number of nitrogens with one attached hydrogen (secondary N) is 1. The zero-order valence-corrected chi connectivity index (χ0v) is 27.3. The minimum atomic E-state index is 0.00222. The van der Waals surface area contributed by atoms with Crippen LogP contribution in [-0.2, 0) is 0 Å².